The Morgan fingerprint density at radius 2 is 1.38 bits per heavy atom. The average Bonchev–Trinajstić information content (AvgIpc) is 1.91. The van der Waals surface area contributed by atoms with Gasteiger partial charge in [0.15, 0.2) is 0 Å². The van der Waals surface area contributed by atoms with Gasteiger partial charge in [-0.05, 0) is 0 Å². The van der Waals surface area contributed by atoms with E-state index in [4.69, 9.17) is 5.73 Å². The van der Waals surface area contributed by atoms with Crippen LogP contribution >= 0.6 is 0 Å². The van der Waals surface area contributed by atoms with Crippen molar-refractivity contribution in [1.82, 2.24) is 0 Å². The van der Waals surface area contributed by atoms with Crippen LogP contribution in [0.5, 0.6) is 0 Å². The van der Waals surface area contributed by atoms with Crippen molar-refractivity contribution >= 4 is 0 Å². The van der Waals surface area contributed by atoms with Crippen molar-refractivity contribution in [3.63, 3.8) is 0 Å². The molecule has 0 amide bonds. The highest BCUT2D eigenvalue weighted by molar-refractivity contribution is 4.13. The van der Waals surface area contributed by atoms with Gasteiger partial charge in [0.1, 0.15) is 0 Å². The first kappa shape index (κ1) is 10.8. The van der Waals surface area contributed by atoms with Gasteiger partial charge in [0, 0.05) is 14.2 Å². The zero-order valence-electron chi connectivity index (χ0n) is 5.97. The number of hydrogen-bond donors (Lipinski definition) is 1. The summed E-state index contributed by atoms with van der Waals surface area (Å²) in [5.41, 5.74) is 5.03. The van der Waals surface area contributed by atoms with E-state index >= 15 is 0 Å². The highest BCUT2D eigenvalue weighted by Gasteiger charge is 1.88. The molecule has 0 saturated heterocycles. The second-order valence-electron chi connectivity index (χ2n) is 0.840. The van der Waals surface area contributed by atoms with Crippen molar-refractivity contribution in [1.29, 1.82) is 0 Å². The minimum Gasteiger partial charge on any atom is -0.343 e. The molecule has 8 heavy (non-hydrogen) atoms. The fourth-order valence-electron chi connectivity index (χ4n) is 0.0962. The van der Waals surface area contributed by atoms with Crippen molar-refractivity contribution in [3.8, 4) is 0 Å². The van der Waals surface area contributed by atoms with Crippen LogP contribution in [0.3, 0.4) is 0 Å². The molecule has 52 valence electrons. The second kappa shape index (κ2) is 9.99. The fourth-order valence-corrected chi connectivity index (χ4v) is 0.0962. The Hall–Kier alpha value is -0.120. The summed E-state index contributed by atoms with van der Waals surface area (Å²) < 4.78 is 8.91. The van der Waals surface area contributed by atoms with E-state index in [0.29, 0.717) is 0 Å². The molecular formula is C5H15NO2. The summed E-state index contributed by atoms with van der Waals surface area (Å²) in [5.74, 6) is 0. The lowest BCUT2D eigenvalue weighted by molar-refractivity contribution is -0.0966. The Morgan fingerprint density at radius 1 is 1.12 bits per heavy atom. The van der Waals surface area contributed by atoms with Crippen LogP contribution < -0.4 is 5.73 Å². The first-order chi connectivity index (χ1) is 3.81. The van der Waals surface area contributed by atoms with Crippen LogP contribution in [0.15, 0.2) is 0 Å². The molecule has 0 saturated carbocycles. The first-order valence-electron chi connectivity index (χ1n) is 2.62. The Kier molecular flexibility index (Phi) is 13.5. The largest absolute Gasteiger partial charge is 0.343 e. The summed E-state index contributed by atoms with van der Waals surface area (Å²) >= 11 is 0. The molecule has 3 heteroatoms. The monoisotopic (exact) mass is 121 g/mol. The van der Waals surface area contributed by atoms with Crippen LogP contribution in [0.1, 0.15) is 13.8 Å². The van der Waals surface area contributed by atoms with Crippen molar-refractivity contribution in [2.75, 3.05) is 14.2 Å². The zero-order valence-corrected chi connectivity index (χ0v) is 5.97. The van der Waals surface area contributed by atoms with E-state index in [1.165, 1.54) is 14.2 Å². The summed E-state index contributed by atoms with van der Waals surface area (Å²) in [4.78, 5) is 0. The van der Waals surface area contributed by atoms with Gasteiger partial charge in [-0.1, -0.05) is 13.8 Å². The molecule has 0 radical (unpaired) electrons. The van der Waals surface area contributed by atoms with Crippen LogP contribution in [-0.2, 0) is 9.47 Å². The molecule has 0 unspecified atom stereocenters. The number of nitrogens with two attached hydrogens (primary N) is 1. The molecule has 0 spiro atoms. The molecular weight excluding hydrogens is 106 g/mol. The third-order valence-corrected chi connectivity index (χ3v) is 0.465. The van der Waals surface area contributed by atoms with E-state index < -0.39 is 6.41 Å². The minimum atomic E-state index is -0.565. The normalized spacial score (nSPS) is 8.25. The quantitative estimate of drug-likeness (QED) is 0.542. The van der Waals surface area contributed by atoms with E-state index in [1.807, 2.05) is 13.8 Å². The SMILES string of the molecule is CC.COC(N)OC. The highest BCUT2D eigenvalue weighted by atomic mass is 16.7. The van der Waals surface area contributed by atoms with E-state index in [2.05, 4.69) is 9.47 Å². The van der Waals surface area contributed by atoms with Gasteiger partial charge in [-0.3, -0.25) is 5.73 Å². The summed E-state index contributed by atoms with van der Waals surface area (Å²) in [7, 11) is 2.96. The predicted molar refractivity (Wildman–Crippen MR) is 33.3 cm³/mol. The molecule has 0 heterocycles. The van der Waals surface area contributed by atoms with Gasteiger partial charge in [-0.15, -0.1) is 0 Å². The number of methoxy groups -OCH3 is 2. The summed E-state index contributed by atoms with van der Waals surface area (Å²) in [6.07, 6.45) is -0.565. The third-order valence-electron chi connectivity index (χ3n) is 0.465. The summed E-state index contributed by atoms with van der Waals surface area (Å²) in [5, 5.41) is 0. The van der Waals surface area contributed by atoms with E-state index in [0.717, 1.165) is 0 Å². The molecule has 0 atom stereocenters. The van der Waals surface area contributed by atoms with Crippen molar-refractivity contribution in [2.45, 2.75) is 20.3 Å². The standard InChI is InChI=1S/C3H9NO2.C2H6/c1-5-3(4)6-2;1-2/h3H,4H2,1-2H3;1-2H3. The Balaban J connectivity index is 0. The molecule has 0 aliphatic carbocycles. The van der Waals surface area contributed by atoms with Gasteiger partial charge in [0.2, 0.25) is 6.41 Å². The van der Waals surface area contributed by atoms with Crippen molar-refractivity contribution in [2.24, 2.45) is 5.73 Å². The topological polar surface area (TPSA) is 44.5 Å². The second-order valence-corrected chi connectivity index (χ2v) is 0.840. The highest BCUT2D eigenvalue weighted by Crippen LogP contribution is 1.73. The van der Waals surface area contributed by atoms with Crippen LogP contribution in [0.2, 0.25) is 0 Å². The first-order valence-corrected chi connectivity index (χ1v) is 2.62. The van der Waals surface area contributed by atoms with E-state index in [1.54, 1.807) is 0 Å². The summed E-state index contributed by atoms with van der Waals surface area (Å²) in [6, 6.07) is 0. The predicted octanol–water partition coefficient (Wildman–Crippen LogP) is 0.548. The molecule has 0 aromatic rings. The maximum absolute atomic E-state index is 5.03. The molecule has 0 rings (SSSR count). The maximum Gasteiger partial charge on any atom is 0.212 e. The van der Waals surface area contributed by atoms with Gasteiger partial charge >= 0.3 is 0 Å². The minimum absolute atomic E-state index is 0.565. The van der Waals surface area contributed by atoms with Crippen LogP contribution in [0, 0.1) is 0 Å². The summed E-state index contributed by atoms with van der Waals surface area (Å²) in [6.45, 7) is 4.00. The smallest absolute Gasteiger partial charge is 0.212 e. The Morgan fingerprint density at radius 3 is 1.38 bits per heavy atom. The molecule has 2 N–H and O–H groups in total. The molecule has 0 aromatic heterocycles. The molecule has 3 nitrogen and oxygen atoms in total. The number of hydrogen-bond acceptors (Lipinski definition) is 3. The lowest BCUT2D eigenvalue weighted by Crippen LogP contribution is -2.23. The molecule has 0 fully saturated rings. The zero-order chi connectivity index (χ0) is 6.99. The Bertz CT molecular complexity index is 29.6. The molecule has 0 bridgehead atoms. The maximum atomic E-state index is 5.03. The lowest BCUT2D eigenvalue weighted by atomic mass is 11.0. The van der Waals surface area contributed by atoms with Crippen LogP contribution in [0.4, 0.5) is 0 Å². The molecule has 0 aliphatic heterocycles. The number of ether oxygens (including phenoxy) is 2. The van der Waals surface area contributed by atoms with Crippen molar-refractivity contribution in [3.05, 3.63) is 0 Å². The van der Waals surface area contributed by atoms with E-state index in [9.17, 15) is 0 Å². The number of rotatable bonds is 2. The van der Waals surface area contributed by atoms with Gasteiger partial charge in [-0.2, -0.15) is 0 Å². The molecule has 0 aliphatic rings. The van der Waals surface area contributed by atoms with Gasteiger partial charge in [0.25, 0.3) is 0 Å². The van der Waals surface area contributed by atoms with Crippen LogP contribution in [0.25, 0.3) is 0 Å². The van der Waals surface area contributed by atoms with Gasteiger partial charge < -0.3 is 9.47 Å². The molecule has 0 aromatic carbocycles. The lowest BCUT2D eigenvalue weighted by Gasteiger charge is -2.03. The van der Waals surface area contributed by atoms with E-state index in [-0.39, 0.29) is 0 Å². The fraction of sp³-hybridized carbons (Fsp3) is 1.00. The average molecular weight is 121 g/mol. The Labute approximate surface area is 50.8 Å². The van der Waals surface area contributed by atoms with Gasteiger partial charge in [0.05, 0.1) is 0 Å². The van der Waals surface area contributed by atoms with Gasteiger partial charge in [-0.25, -0.2) is 0 Å². The van der Waals surface area contributed by atoms with Crippen molar-refractivity contribution < 1.29 is 9.47 Å². The third kappa shape index (κ3) is 9.30. The van der Waals surface area contributed by atoms with Crippen LogP contribution in [-0.4, -0.2) is 20.6 Å².